The van der Waals surface area contributed by atoms with Crippen LogP contribution in [0.2, 0.25) is 0 Å². The van der Waals surface area contributed by atoms with Crippen molar-refractivity contribution >= 4 is 22.7 Å². The number of hydrogen-bond donors (Lipinski definition) is 2. The Balaban J connectivity index is 1.32. The van der Waals surface area contributed by atoms with Crippen LogP contribution in [0.4, 0.5) is 0 Å². The van der Waals surface area contributed by atoms with Gasteiger partial charge in [-0.15, -0.1) is 11.8 Å². The van der Waals surface area contributed by atoms with Crippen LogP contribution in [0.3, 0.4) is 0 Å². The number of rotatable bonds is 11. The maximum Gasteiger partial charge on any atom is 0.119 e. The molecule has 0 amide bonds. The van der Waals surface area contributed by atoms with Gasteiger partial charge in [-0.1, -0.05) is 6.07 Å². The molecule has 0 unspecified atom stereocenters. The Morgan fingerprint density at radius 3 is 2.68 bits per heavy atom. The summed E-state index contributed by atoms with van der Waals surface area (Å²) in [7, 11) is 1.67. The lowest BCUT2D eigenvalue weighted by atomic mass is 9.75. The van der Waals surface area contributed by atoms with E-state index >= 15 is 0 Å². The summed E-state index contributed by atoms with van der Waals surface area (Å²) in [5, 5.41) is 22.3. The van der Waals surface area contributed by atoms with Crippen LogP contribution in [0.5, 0.6) is 5.75 Å². The Labute approximate surface area is 206 Å². The summed E-state index contributed by atoms with van der Waals surface area (Å²) in [4.78, 5) is 11.4. The Morgan fingerprint density at radius 1 is 1.12 bits per heavy atom. The molecule has 2 N–H and O–H groups in total. The van der Waals surface area contributed by atoms with E-state index in [1.54, 1.807) is 25.1 Å². The summed E-state index contributed by atoms with van der Waals surface area (Å²) in [6.07, 6.45) is 8.48. The number of aliphatic hydroxyl groups is 2. The first kappa shape index (κ1) is 24.9. The Kier molecular flexibility index (Phi) is 8.78. The first-order valence-electron chi connectivity index (χ1n) is 12.1. The number of ether oxygens (including phenoxy) is 1. The van der Waals surface area contributed by atoms with E-state index in [0.717, 1.165) is 90.3 Å². The lowest BCUT2D eigenvalue weighted by Crippen LogP contribution is -2.42. The van der Waals surface area contributed by atoms with Crippen LogP contribution in [0.25, 0.3) is 10.9 Å². The van der Waals surface area contributed by atoms with E-state index in [0.29, 0.717) is 0 Å². The van der Waals surface area contributed by atoms with Crippen molar-refractivity contribution in [2.45, 2.75) is 43.7 Å². The second kappa shape index (κ2) is 12.0. The number of hydrogen-bond acceptors (Lipinski definition) is 7. The van der Waals surface area contributed by atoms with Gasteiger partial charge in [0.1, 0.15) is 5.75 Å². The van der Waals surface area contributed by atoms with Crippen molar-refractivity contribution in [1.82, 2.24) is 14.9 Å². The van der Waals surface area contributed by atoms with Crippen LogP contribution >= 0.6 is 11.8 Å². The van der Waals surface area contributed by atoms with Gasteiger partial charge >= 0.3 is 0 Å². The van der Waals surface area contributed by atoms with Gasteiger partial charge in [-0.3, -0.25) is 4.98 Å². The molecule has 2 aromatic heterocycles. The van der Waals surface area contributed by atoms with Crippen molar-refractivity contribution in [3.8, 4) is 5.75 Å². The Hall–Kier alpha value is -2.19. The van der Waals surface area contributed by atoms with Crippen molar-refractivity contribution in [1.29, 1.82) is 0 Å². The monoisotopic (exact) mass is 481 g/mol. The molecule has 182 valence electrons. The highest BCUT2D eigenvalue weighted by molar-refractivity contribution is 7.99. The van der Waals surface area contributed by atoms with Crippen LogP contribution in [0, 0.1) is 5.41 Å². The molecule has 34 heavy (non-hydrogen) atoms. The van der Waals surface area contributed by atoms with Gasteiger partial charge in [0, 0.05) is 36.7 Å². The third-order valence-electron chi connectivity index (χ3n) is 7.13. The molecule has 0 spiro atoms. The minimum absolute atomic E-state index is 0.00939. The molecular formula is C27H35N3O3S. The van der Waals surface area contributed by atoms with Gasteiger partial charge in [-0.05, 0) is 92.1 Å². The SMILES string of the molecule is COc1ccc2ncc(CO)c(CCCC3(CO)CCN(CCSc4ccccn4)CC3)c2c1. The molecule has 6 nitrogen and oxygen atoms in total. The molecule has 0 bridgehead atoms. The molecule has 1 saturated heterocycles. The number of likely N-dealkylation sites (tertiary alicyclic amines) is 1. The maximum atomic E-state index is 10.3. The summed E-state index contributed by atoms with van der Waals surface area (Å²) >= 11 is 1.80. The molecule has 0 radical (unpaired) electrons. The van der Waals surface area contributed by atoms with Gasteiger partial charge in [0.15, 0.2) is 0 Å². The van der Waals surface area contributed by atoms with Crippen molar-refractivity contribution in [2.24, 2.45) is 5.41 Å². The van der Waals surface area contributed by atoms with Crippen LogP contribution in [0.15, 0.2) is 53.8 Å². The maximum absolute atomic E-state index is 10.3. The molecule has 3 heterocycles. The molecule has 1 aliphatic rings. The number of aliphatic hydroxyl groups excluding tert-OH is 2. The lowest BCUT2D eigenvalue weighted by molar-refractivity contribution is 0.0378. The second-order valence-electron chi connectivity index (χ2n) is 9.17. The van der Waals surface area contributed by atoms with E-state index in [2.05, 4.69) is 20.9 Å². The second-order valence-corrected chi connectivity index (χ2v) is 10.3. The molecule has 0 aliphatic carbocycles. The number of thioether (sulfide) groups is 1. The molecule has 3 aromatic rings. The zero-order valence-electron chi connectivity index (χ0n) is 19.9. The number of pyridine rings is 2. The predicted molar refractivity (Wildman–Crippen MR) is 137 cm³/mol. The predicted octanol–water partition coefficient (Wildman–Crippen LogP) is 4.32. The number of benzene rings is 1. The van der Waals surface area contributed by atoms with Gasteiger partial charge in [0.2, 0.25) is 0 Å². The van der Waals surface area contributed by atoms with Crippen molar-refractivity contribution in [3.05, 3.63) is 59.9 Å². The minimum atomic E-state index is -0.0217. The van der Waals surface area contributed by atoms with Gasteiger partial charge in [0.05, 0.1) is 24.3 Å². The Bertz CT molecular complexity index is 1050. The fourth-order valence-electron chi connectivity index (χ4n) is 4.92. The quantitative estimate of drug-likeness (QED) is 0.395. The normalized spacial score (nSPS) is 16.1. The average molecular weight is 482 g/mol. The zero-order valence-corrected chi connectivity index (χ0v) is 20.8. The highest BCUT2D eigenvalue weighted by Crippen LogP contribution is 2.37. The topological polar surface area (TPSA) is 78.7 Å². The van der Waals surface area contributed by atoms with E-state index in [9.17, 15) is 10.2 Å². The number of piperidine rings is 1. The van der Waals surface area contributed by atoms with Gasteiger partial charge < -0.3 is 19.8 Å². The fraction of sp³-hybridized carbons (Fsp3) is 0.481. The third-order valence-corrected chi connectivity index (χ3v) is 8.05. The first-order chi connectivity index (χ1) is 16.7. The average Bonchev–Trinajstić information content (AvgIpc) is 2.90. The number of aromatic nitrogens is 2. The number of fused-ring (bicyclic) bond motifs is 1. The van der Waals surface area contributed by atoms with E-state index in [1.807, 2.05) is 36.5 Å². The molecule has 7 heteroatoms. The zero-order chi connectivity index (χ0) is 23.8. The smallest absolute Gasteiger partial charge is 0.119 e. The minimum Gasteiger partial charge on any atom is -0.497 e. The lowest BCUT2D eigenvalue weighted by Gasteiger charge is -2.41. The van der Waals surface area contributed by atoms with Crippen LogP contribution in [-0.2, 0) is 13.0 Å². The highest BCUT2D eigenvalue weighted by Gasteiger charge is 2.33. The van der Waals surface area contributed by atoms with E-state index < -0.39 is 0 Å². The summed E-state index contributed by atoms with van der Waals surface area (Å²) in [5.41, 5.74) is 2.93. The Morgan fingerprint density at radius 2 is 1.97 bits per heavy atom. The summed E-state index contributed by atoms with van der Waals surface area (Å²) in [5.74, 6) is 1.83. The van der Waals surface area contributed by atoms with E-state index in [4.69, 9.17) is 4.74 Å². The van der Waals surface area contributed by atoms with Crippen molar-refractivity contribution < 1.29 is 14.9 Å². The van der Waals surface area contributed by atoms with Gasteiger partial charge in [0.25, 0.3) is 0 Å². The first-order valence-corrected chi connectivity index (χ1v) is 13.1. The molecular weight excluding hydrogens is 446 g/mol. The van der Waals surface area contributed by atoms with E-state index in [-0.39, 0.29) is 18.6 Å². The number of aryl methyl sites for hydroxylation is 1. The van der Waals surface area contributed by atoms with Crippen LogP contribution < -0.4 is 4.74 Å². The fourth-order valence-corrected chi connectivity index (χ4v) is 5.79. The standard InChI is InChI=1S/C27H35N3O3S/c1-33-22-7-8-25-24(17-22)23(21(19-31)18-29-25)5-4-9-27(20-32)10-13-30(14-11-27)15-16-34-26-6-2-3-12-28-26/h2-3,6-8,12,17-18,31-32H,4-5,9-11,13-16,19-20H2,1H3. The molecule has 1 aromatic carbocycles. The van der Waals surface area contributed by atoms with E-state index in [1.165, 1.54) is 0 Å². The summed E-state index contributed by atoms with van der Waals surface area (Å²) < 4.78 is 5.41. The number of nitrogens with zero attached hydrogens (tertiary/aromatic N) is 3. The van der Waals surface area contributed by atoms with Gasteiger partial charge in [-0.25, -0.2) is 4.98 Å². The van der Waals surface area contributed by atoms with Crippen LogP contribution in [-0.4, -0.2) is 64.2 Å². The third kappa shape index (κ3) is 6.08. The van der Waals surface area contributed by atoms with Gasteiger partial charge in [-0.2, -0.15) is 0 Å². The van der Waals surface area contributed by atoms with Crippen molar-refractivity contribution in [3.63, 3.8) is 0 Å². The molecule has 1 aliphatic heterocycles. The van der Waals surface area contributed by atoms with Crippen LogP contribution in [0.1, 0.15) is 36.8 Å². The molecule has 0 saturated carbocycles. The molecule has 4 rings (SSSR count). The molecule has 1 fully saturated rings. The number of methoxy groups -OCH3 is 1. The largest absolute Gasteiger partial charge is 0.497 e. The molecule has 0 atom stereocenters. The summed E-state index contributed by atoms with van der Waals surface area (Å²) in [6, 6.07) is 11.9. The summed E-state index contributed by atoms with van der Waals surface area (Å²) in [6.45, 7) is 3.32. The van der Waals surface area contributed by atoms with Crippen molar-refractivity contribution in [2.75, 3.05) is 39.1 Å². The highest BCUT2D eigenvalue weighted by atomic mass is 32.2.